The average molecular weight is 1460 g/mol. The fourth-order valence-electron chi connectivity index (χ4n) is 15.8. The Bertz CT molecular complexity index is 2960. The lowest BCUT2D eigenvalue weighted by molar-refractivity contribution is -0.151. The van der Waals surface area contributed by atoms with Crippen molar-refractivity contribution >= 4 is 52.9 Å². The summed E-state index contributed by atoms with van der Waals surface area (Å²) in [5.41, 5.74) is 2.88. The fraction of sp³-hybridized carbons (Fsp3) is 0.750. The SMILES string of the molecule is CCC(C)[C@@H]([C@@H](CC(=O)N1CCC[C@H]1[C@H](OC)[C@@H](C)C(=O)NCCc1ccc(N(C)C)cc1)OC)N(C)C(=O)[C@@H](NC(=O)[C@@H](NC)C(C)CCC(C)[C@H](NC(=O)[C@@H](NC)C(C)C)C(=O)N(C)[C@@H](C(C)CC)[C@@H](CC(=O)N1CCCC[C@H]1[C@H](OC)[C@@H](C)C(=O)N[C@H](C)[C@@H](O)c1ccccc1)OC)C(C)C. The van der Waals surface area contributed by atoms with Crippen LogP contribution in [0.5, 0.6) is 0 Å². The number of rotatable bonds is 44. The number of carbonyl (C=O) groups excluding carboxylic acids is 8. The van der Waals surface area contributed by atoms with Crippen molar-refractivity contribution in [2.75, 3.05) is 95.3 Å². The molecule has 590 valence electrons. The Morgan fingerprint density at radius 2 is 0.962 bits per heavy atom. The van der Waals surface area contributed by atoms with Crippen molar-refractivity contribution in [2.45, 2.75) is 252 Å². The van der Waals surface area contributed by atoms with Gasteiger partial charge in [-0.2, -0.15) is 0 Å². The van der Waals surface area contributed by atoms with Crippen LogP contribution in [0.4, 0.5) is 5.69 Å². The summed E-state index contributed by atoms with van der Waals surface area (Å²) in [6.07, 6.45) is 2.59. The number of amides is 8. The van der Waals surface area contributed by atoms with Gasteiger partial charge in [-0.05, 0) is 131 Å². The number of ether oxygens (including phenoxy) is 4. The maximum absolute atomic E-state index is 15.5. The van der Waals surface area contributed by atoms with E-state index < -0.39 is 96.6 Å². The van der Waals surface area contributed by atoms with E-state index >= 15 is 9.59 Å². The molecule has 2 aromatic carbocycles. The lowest BCUT2D eigenvalue weighted by Gasteiger charge is -2.44. The molecule has 24 heteroatoms. The Morgan fingerprint density at radius 3 is 1.41 bits per heavy atom. The van der Waals surface area contributed by atoms with Crippen molar-refractivity contribution in [3.63, 3.8) is 0 Å². The standard InChI is InChI=1S/C80H137N11O13/c1-24-50(7)70(62(101-20)47-65(93)91-45-31-35-61(91)73(103-22)54(11)75(95)83-43-42-57-38-40-59(41-39-57)87(16)17)88(18)79(99)67(49(5)6)85-78(98)68(82-15)52(9)36-37-53(10)69(86-77(97)66(81-14)48(3)4)80(100)89(19)71(51(8)25-2)63(102-21)46-64(92)90-44-30-29-34-60(90)74(104-23)55(12)76(96)84-56(13)72(94)58-32-27-26-28-33-58/h26-28,32-33,38-41,48-56,60-63,66-74,81-82,94H,24-25,29-31,34-37,42-47H2,1-23H3,(H,83,95)(H,84,96)(H,85,98)(H,86,97)/t50?,51?,52?,53?,54-,55-,56-,60+,61+,62-,63-,66+,67+,68+,69+,70+,71+,72-,73-,74-/m1/s1. The molecule has 24 nitrogen and oxygen atoms in total. The normalized spacial score (nSPS) is 20.1. The summed E-state index contributed by atoms with van der Waals surface area (Å²) in [5, 5.41) is 29.8. The zero-order chi connectivity index (χ0) is 78.0. The zero-order valence-electron chi connectivity index (χ0n) is 67.6. The van der Waals surface area contributed by atoms with Gasteiger partial charge in [-0.1, -0.05) is 138 Å². The largest absolute Gasteiger partial charge is 0.386 e. The van der Waals surface area contributed by atoms with Gasteiger partial charge in [-0.15, -0.1) is 0 Å². The Hall–Kier alpha value is -6.28. The molecule has 2 aliphatic heterocycles. The smallest absolute Gasteiger partial charge is 0.245 e. The number of hydrogen-bond acceptors (Lipinski definition) is 16. The molecule has 8 amide bonds. The van der Waals surface area contributed by atoms with Gasteiger partial charge in [-0.3, -0.25) is 38.4 Å². The lowest BCUT2D eigenvalue weighted by atomic mass is 9.86. The first kappa shape index (κ1) is 90.1. The molecule has 7 N–H and O–H groups in total. The first-order valence-electron chi connectivity index (χ1n) is 38.5. The highest BCUT2D eigenvalue weighted by Crippen LogP contribution is 2.33. The fourth-order valence-corrected chi connectivity index (χ4v) is 15.8. The van der Waals surface area contributed by atoms with Crippen molar-refractivity contribution in [3.8, 4) is 0 Å². The van der Waals surface area contributed by atoms with E-state index in [1.54, 1.807) is 85.2 Å². The first-order valence-corrected chi connectivity index (χ1v) is 38.5. The molecule has 0 aliphatic carbocycles. The summed E-state index contributed by atoms with van der Waals surface area (Å²) >= 11 is 0. The maximum atomic E-state index is 15.5. The molecule has 0 bridgehead atoms. The number of aliphatic hydroxyl groups is 1. The monoisotopic (exact) mass is 1460 g/mol. The van der Waals surface area contributed by atoms with Crippen LogP contribution in [0.15, 0.2) is 54.6 Å². The minimum atomic E-state index is -1.04. The summed E-state index contributed by atoms with van der Waals surface area (Å²) in [5.74, 6) is -5.08. The van der Waals surface area contributed by atoms with Crippen LogP contribution in [-0.2, 0) is 63.7 Å². The van der Waals surface area contributed by atoms with Gasteiger partial charge in [0.15, 0.2) is 0 Å². The molecule has 0 saturated carbocycles. The number of methoxy groups -OCH3 is 4. The van der Waals surface area contributed by atoms with E-state index in [4.69, 9.17) is 18.9 Å². The highest BCUT2D eigenvalue weighted by molar-refractivity contribution is 5.91. The lowest BCUT2D eigenvalue weighted by Crippen LogP contribution is -2.60. The molecule has 0 radical (unpaired) electrons. The van der Waals surface area contributed by atoms with E-state index in [2.05, 4.69) is 56.2 Å². The molecule has 2 fully saturated rings. The van der Waals surface area contributed by atoms with Crippen LogP contribution in [0.2, 0.25) is 0 Å². The van der Waals surface area contributed by atoms with Crippen LogP contribution in [0.25, 0.3) is 0 Å². The van der Waals surface area contributed by atoms with Crippen molar-refractivity contribution in [1.29, 1.82) is 0 Å². The predicted octanol–water partition coefficient (Wildman–Crippen LogP) is 7.39. The van der Waals surface area contributed by atoms with Gasteiger partial charge < -0.3 is 80.5 Å². The average Bonchev–Trinajstić information content (AvgIpc) is 1.42. The second-order valence-electron chi connectivity index (χ2n) is 30.8. The van der Waals surface area contributed by atoms with Gasteiger partial charge >= 0.3 is 0 Å². The number of nitrogens with one attached hydrogen (secondary N) is 6. The second-order valence-corrected chi connectivity index (χ2v) is 30.8. The van der Waals surface area contributed by atoms with Crippen molar-refractivity contribution < 1.29 is 62.4 Å². The summed E-state index contributed by atoms with van der Waals surface area (Å²) < 4.78 is 24.6. The van der Waals surface area contributed by atoms with Crippen LogP contribution >= 0.6 is 0 Å². The van der Waals surface area contributed by atoms with Crippen molar-refractivity contribution in [1.82, 2.24) is 51.5 Å². The third-order valence-corrected chi connectivity index (χ3v) is 22.8. The Kier molecular flexibility index (Phi) is 38.2. The molecule has 0 aromatic heterocycles. The molecular weight excluding hydrogens is 1320 g/mol. The molecule has 4 unspecified atom stereocenters. The van der Waals surface area contributed by atoms with E-state index in [1.807, 2.05) is 130 Å². The molecule has 2 saturated heterocycles. The molecule has 2 aromatic rings. The third-order valence-electron chi connectivity index (χ3n) is 22.8. The summed E-state index contributed by atoms with van der Waals surface area (Å²) in [6, 6.07) is 11.4. The zero-order valence-corrected chi connectivity index (χ0v) is 67.6. The number of nitrogens with zero attached hydrogens (tertiary/aromatic N) is 5. The molecule has 0 spiro atoms. The summed E-state index contributed by atoms with van der Waals surface area (Å²) in [4.78, 5) is 126. The van der Waals surface area contributed by atoms with Gasteiger partial charge in [-0.25, -0.2) is 0 Å². The predicted molar refractivity (Wildman–Crippen MR) is 410 cm³/mol. The molecule has 20 atom stereocenters. The Morgan fingerprint density at radius 1 is 0.519 bits per heavy atom. The van der Waals surface area contributed by atoms with E-state index in [0.29, 0.717) is 70.1 Å². The number of piperidine rings is 1. The van der Waals surface area contributed by atoms with Crippen molar-refractivity contribution in [3.05, 3.63) is 65.7 Å². The van der Waals surface area contributed by atoms with Crippen LogP contribution in [-0.4, -0.2) is 241 Å². The minimum absolute atomic E-state index is 0.0304. The highest BCUT2D eigenvalue weighted by Gasteiger charge is 2.46. The highest BCUT2D eigenvalue weighted by atomic mass is 16.5. The number of benzene rings is 2. The van der Waals surface area contributed by atoms with E-state index in [-0.39, 0.29) is 95.7 Å². The Balaban J connectivity index is 1.51. The van der Waals surface area contributed by atoms with Crippen LogP contribution in [0, 0.1) is 47.3 Å². The minimum Gasteiger partial charge on any atom is -0.386 e. The number of carbonyl (C=O) groups is 8. The topological polar surface area (TPSA) is 282 Å². The van der Waals surface area contributed by atoms with Gasteiger partial charge in [0.05, 0.1) is 97.5 Å². The van der Waals surface area contributed by atoms with E-state index in [0.717, 1.165) is 30.5 Å². The molecule has 2 heterocycles. The van der Waals surface area contributed by atoms with Crippen LogP contribution in [0.3, 0.4) is 0 Å². The maximum Gasteiger partial charge on any atom is 0.245 e. The molecular formula is C80H137N11O13. The van der Waals surface area contributed by atoms with Gasteiger partial charge in [0.25, 0.3) is 0 Å². The molecule has 4 rings (SSSR count). The summed E-state index contributed by atoms with van der Waals surface area (Å²) in [6.45, 7) is 26.3. The first-order chi connectivity index (χ1) is 49.2. The molecule has 2 aliphatic rings. The van der Waals surface area contributed by atoms with Gasteiger partial charge in [0, 0.05) is 82.0 Å². The summed E-state index contributed by atoms with van der Waals surface area (Å²) in [7, 11) is 17.0. The van der Waals surface area contributed by atoms with Crippen LogP contribution in [0.1, 0.15) is 178 Å². The third kappa shape index (κ3) is 24.4. The van der Waals surface area contributed by atoms with Gasteiger partial charge in [0.2, 0.25) is 47.3 Å². The number of anilines is 1. The number of aliphatic hydroxyl groups excluding tert-OH is 1. The number of likely N-dealkylation sites (N-methyl/N-ethyl adjacent to an activating group) is 4. The number of likely N-dealkylation sites (tertiary alicyclic amines) is 2. The quantitative estimate of drug-likeness (QED) is 0.0340. The van der Waals surface area contributed by atoms with Crippen molar-refractivity contribution in [2.24, 2.45) is 47.3 Å². The van der Waals surface area contributed by atoms with E-state index in [1.165, 1.54) is 0 Å². The second kappa shape index (κ2) is 44.1. The number of hydrogen-bond donors (Lipinski definition) is 7. The van der Waals surface area contributed by atoms with Crippen LogP contribution < -0.4 is 36.8 Å². The Labute approximate surface area is 624 Å². The van der Waals surface area contributed by atoms with E-state index in [9.17, 15) is 33.9 Å². The van der Waals surface area contributed by atoms with Gasteiger partial charge in [0.1, 0.15) is 12.1 Å². The molecule has 104 heavy (non-hydrogen) atoms.